The van der Waals surface area contributed by atoms with Gasteiger partial charge in [0.25, 0.3) is 0 Å². The Labute approximate surface area is 67.5 Å². The molecule has 0 aliphatic carbocycles. The minimum atomic E-state index is 0.101. The maximum absolute atomic E-state index is 11.4. The summed E-state index contributed by atoms with van der Waals surface area (Å²) in [6.07, 6.45) is 2.09. The monoisotopic (exact) mass is 156 g/mol. The van der Waals surface area contributed by atoms with Gasteiger partial charge in [-0.1, -0.05) is 0 Å². The van der Waals surface area contributed by atoms with E-state index in [2.05, 4.69) is 0 Å². The summed E-state index contributed by atoms with van der Waals surface area (Å²) in [4.78, 5) is 13.3. The van der Waals surface area contributed by atoms with Crippen molar-refractivity contribution >= 4 is 5.91 Å². The van der Waals surface area contributed by atoms with Gasteiger partial charge in [-0.3, -0.25) is 4.79 Å². The molecule has 3 nitrogen and oxygen atoms in total. The van der Waals surface area contributed by atoms with E-state index in [1.54, 1.807) is 0 Å². The second-order valence-electron chi connectivity index (χ2n) is 2.99. The van der Waals surface area contributed by atoms with Crippen LogP contribution in [0.1, 0.15) is 19.8 Å². The van der Waals surface area contributed by atoms with Crippen molar-refractivity contribution < 1.29 is 4.79 Å². The Balaban J connectivity index is 2.52. The number of amides is 1. The predicted octanol–water partition coefficient (Wildman–Crippen LogP) is 0.204. The lowest BCUT2D eigenvalue weighted by Crippen LogP contribution is -2.43. The van der Waals surface area contributed by atoms with Crippen molar-refractivity contribution in [2.75, 3.05) is 19.6 Å². The molecule has 0 saturated carbocycles. The van der Waals surface area contributed by atoms with E-state index in [9.17, 15) is 4.79 Å². The molecular weight excluding hydrogens is 140 g/mol. The summed E-state index contributed by atoms with van der Waals surface area (Å²) in [5.74, 6) is 0.352. The fourth-order valence-electron chi connectivity index (χ4n) is 1.55. The van der Waals surface area contributed by atoms with E-state index >= 15 is 0 Å². The molecule has 1 atom stereocenters. The van der Waals surface area contributed by atoms with Crippen molar-refractivity contribution in [1.82, 2.24) is 4.90 Å². The Morgan fingerprint density at radius 1 is 1.73 bits per heavy atom. The Kier molecular flexibility index (Phi) is 2.88. The van der Waals surface area contributed by atoms with E-state index in [-0.39, 0.29) is 11.8 Å². The molecule has 1 saturated heterocycles. The van der Waals surface area contributed by atoms with Crippen molar-refractivity contribution in [2.24, 2.45) is 11.7 Å². The average molecular weight is 156 g/mol. The summed E-state index contributed by atoms with van der Waals surface area (Å²) in [5.41, 5.74) is 5.46. The Morgan fingerprint density at radius 3 is 3.00 bits per heavy atom. The second-order valence-corrected chi connectivity index (χ2v) is 2.99. The SMILES string of the molecule is CCN1CCCC(CN)C1=O. The van der Waals surface area contributed by atoms with Crippen LogP contribution in [-0.4, -0.2) is 30.4 Å². The van der Waals surface area contributed by atoms with Crippen LogP contribution in [0.3, 0.4) is 0 Å². The lowest BCUT2D eigenvalue weighted by atomic mass is 9.97. The van der Waals surface area contributed by atoms with Gasteiger partial charge in [0.15, 0.2) is 0 Å². The Bertz CT molecular complexity index is 133. The number of nitrogens with two attached hydrogens (primary N) is 1. The first kappa shape index (κ1) is 8.53. The van der Waals surface area contributed by atoms with Gasteiger partial charge in [-0.25, -0.2) is 0 Å². The molecule has 1 aliphatic heterocycles. The zero-order chi connectivity index (χ0) is 8.27. The highest BCUT2D eigenvalue weighted by atomic mass is 16.2. The van der Waals surface area contributed by atoms with Crippen LogP contribution in [0.15, 0.2) is 0 Å². The first-order valence-corrected chi connectivity index (χ1v) is 4.28. The fraction of sp³-hybridized carbons (Fsp3) is 0.875. The standard InChI is InChI=1S/C8H16N2O/c1-2-10-5-3-4-7(6-9)8(10)11/h7H,2-6,9H2,1H3. The van der Waals surface area contributed by atoms with Gasteiger partial charge in [0.2, 0.25) is 5.91 Å². The van der Waals surface area contributed by atoms with Crippen LogP contribution < -0.4 is 5.73 Å². The third kappa shape index (κ3) is 1.71. The van der Waals surface area contributed by atoms with E-state index in [0.29, 0.717) is 6.54 Å². The van der Waals surface area contributed by atoms with Gasteiger partial charge in [-0.05, 0) is 19.8 Å². The zero-order valence-electron chi connectivity index (χ0n) is 7.05. The van der Waals surface area contributed by atoms with Crippen molar-refractivity contribution in [1.29, 1.82) is 0 Å². The molecule has 1 aliphatic rings. The van der Waals surface area contributed by atoms with Gasteiger partial charge in [0.05, 0.1) is 5.92 Å². The lowest BCUT2D eigenvalue weighted by Gasteiger charge is -2.30. The van der Waals surface area contributed by atoms with E-state index < -0.39 is 0 Å². The highest BCUT2D eigenvalue weighted by molar-refractivity contribution is 5.79. The Morgan fingerprint density at radius 2 is 2.45 bits per heavy atom. The number of piperidine rings is 1. The molecule has 1 fully saturated rings. The van der Waals surface area contributed by atoms with Crippen LogP contribution >= 0.6 is 0 Å². The van der Waals surface area contributed by atoms with E-state index in [4.69, 9.17) is 5.73 Å². The molecule has 0 bridgehead atoms. The maximum atomic E-state index is 11.4. The fourth-order valence-corrected chi connectivity index (χ4v) is 1.55. The quantitative estimate of drug-likeness (QED) is 0.621. The van der Waals surface area contributed by atoms with Gasteiger partial charge in [0.1, 0.15) is 0 Å². The van der Waals surface area contributed by atoms with Crippen LogP contribution in [0.4, 0.5) is 0 Å². The first-order chi connectivity index (χ1) is 5.29. The molecule has 11 heavy (non-hydrogen) atoms. The molecule has 0 spiro atoms. The molecule has 1 rings (SSSR count). The van der Waals surface area contributed by atoms with Crippen LogP contribution in [-0.2, 0) is 4.79 Å². The van der Waals surface area contributed by atoms with Crippen molar-refractivity contribution in [3.05, 3.63) is 0 Å². The normalized spacial score (nSPS) is 25.8. The molecule has 0 aromatic carbocycles. The summed E-state index contributed by atoms with van der Waals surface area (Å²) in [5, 5.41) is 0. The molecule has 1 heterocycles. The third-order valence-corrected chi connectivity index (χ3v) is 2.31. The number of hydrogen-bond acceptors (Lipinski definition) is 2. The largest absolute Gasteiger partial charge is 0.343 e. The molecule has 2 N–H and O–H groups in total. The summed E-state index contributed by atoms with van der Waals surface area (Å²) in [7, 11) is 0. The first-order valence-electron chi connectivity index (χ1n) is 4.28. The van der Waals surface area contributed by atoms with Crippen molar-refractivity contribution in [3.8, 4) is 0 Å². The molecule has 0 radical (unpaired) electrons. The molecular formula is C8H16N2O. The summed E-state index contributed by atoms with van der Waals surface area (Å²) >= 11 is 0. The van der Waals surface area contributed by atoms with Gasteiger partial charge in [0, 0.05) is 19.6 Å². The number of likely N-dealkylation sites (tertiary alicyclic amines) is 1. The maximum Gasteiger partial charge on any atom is 0.226 e. The van der Waals surface area contributed by atoms with Crippen LogP contribution in [0, 0.1) is 5.92 Å². The van der Waals surface area contributed by atoms with E-state index in [0.717, 1.165) is 25.9 Å². The van der Waals surface area contributed by atoms with E-state index in [1.165, 1.54) is 0 Å². The summed E-state index contributed by atoms with van der Waals surface area (Å²) in [6.45, 7) is 4.27. The number of hydrogen-bond donors (Lipinski definition) is 1. The van der Waals surface area contributed by atoms with E-state index in [1.807, 2.05) is 11.8 Å². The molecule has 0 aromatic heterocycles. The smallest absolute Gasteiger partial charge is 0.226 e. The molecule has 1 amide bonds. The molecule has 0 aromatic rings. The topological polar surface area (TPSA) is 46.3 Å². The minimum Gasteiger partial charge on any atom is -0.343 e. The molecule has 1 unspecified atom stereocenters. The summed E-state index contributed by atoms with van der Waals surface area (Å²) < 4.78 is 0. The number of carbonyl (C=O) groups is 1. The second kappa shape index (κ2) is 3.72. The van der Waals surface area contributed by atoms with Gasteiger partial charge < -0.3 is 10.6 Å². The van der Waals surface area contributed by atoms with Crippen molar-refractivity contribution in [2.45, 2.75) is 19.8 Å². The average Bonchev–Trinajstić information content (AvgIpc) is 2.05. The van der Waals surface area contributed by atoms with Crippen LogP contribution in [0.2, 0.25) is 0 Å². The molecule has 64 valence electrons. The third-order valence-electron chi connectivity index (χ3n) is 2.31. The van der Waals surface area contributed by atoms with Gasteiger partial charge >= 0.3 is 0 Å². The highest BCUT2D eigenvalue weighted by Crippen LogP contribution is 2.15. The van der Waals surface area contributed by atoms with Gasteiger partial charge in [-0.15, -0.1) is 0 Å². The van der Waals surface area contributed by atoms with Crippen LogP contribution in [0.5, 0.6) is 0 Å². The number of rotatable bonds is 2. The van der Waals surface area contributed by atoms with Crippen LogP contribution in [0.25, 0.3) is 0 Å². The number of carbonyl (C=O) groups excluding carboxylic acids is 1. The Hall–Kier alpha value is -0.570. The summed E-state index contributed by atoms with van der Waals surface area (Å²) in [6, 6.07) is 0. The zero-order valence-corrected chi connectivity index (χ0v) is 7.05. The lowest BCUT2D eigenvalue weighted by molar-refractivity contribution is -0.137. The number of nitrogens with zero attached hydrogens (tertiary/aromatic N) is 1. The highest BCUT2D eigenvalue weighted by Gasteiger charge is 2.25. The van der Waals surface area contributed by atoms with Crippen molar-refractivity contribution in [3.63, 3.8) is 0 Å². The predicted molar refractivity (Wildman–Crippen MR) is 44.0 cm³/mol. The minimum absolute atomic E-state index is 0.101. The van der Waals surface area contributed by atoms with Gasteiger partial charge in [-0.2, -0.15) is 0 Å². The molecule has 3 heteroatoms.